The summed E-state index contributed by atoms with van der Waals surface area (Å²) < 4.78 is 28.2. The summed E-state index contributed by atoms with van der Waals surface area (Å²) in [7, 11) is 4.48. The highest BCUT2D eigenvalue weighted by Crippen LogP contribution is 2.33. The molecule has 4 rings (SSSR count). The van der Waals surface area contributed by atoms with E-state index in [1.54, 1.807) is 14.2 Å². The Bertz CT molecular complexity index is 1440. The van der Waals surface area contributed by atoms with Crippen molar-refractivity contribution >= 4 is 12.3 Å². The van der Waals surface area contributed by atoms with Crippen LogP contribution in [0.3, 0.4) is 0 Å². The lowest BCUT2D eigenvalue weighted by molar-refractivity contribution is -0.148. The number of hydrogen-bond acceptors (Lipinski definition) is 7. The Balaban J connectivity index is 1.47. The van der Waals surface area contributed by atoms with Crippen LogP contribution in [-0.2, 0) is 40.4 Å². The molecular formula is C35H36O7. The van der Waals surface area contributed by atoms with Crippen LogP contribution in [0.15, 0.2) is 97.1 Å². The molecule has 0 aliphatic carbocycles. The molecule has 0 saturated carbocycles. The van der Waals surface area contributed by atoms with Crippen LogP contribution in [0, 0.1) is 11.8 Å². The largest absolute Gasteiger partial charge is 0.493 e. The molecule has 0 aliphatic rings. The van der Waals surface area contributed by atoms with Crippen molar-refractivity contribution in [3.8, 4) is 23.0 Å². The fourth-order valence-electron chi connectivity index (χ4n) is 4.76. The van der Waals surface area contributed by atoms with Gasteiger partial charge in [-0.2, -0.15) is 0 Å². The van der Waals surface area contributed by atoms with Crippen LogP contribution < -0.4 is 18.9 Å². The predicted octanol–water partition coefficient (Wildman–Crippen LogP) is 6.25. The summed E-state index contributed by atoms with van der Waals surface area (Å²) in [6.45, 7) is 0.797. The van der Waals surface area contributed by atoms with Crippen LogP contribution in [-0.4, -0.2) is 33.6 Å². The van der Waals surface area contributed by atoms with Crippen LogP contribution in [0.1, 0.15) is 22.3 Å². The van der Waals surface area contributed by atoms with Gasteiger partial charge in [0.05, 0.1) is 27.2 Å². The normalized spacial score (nSPS) is 12.1. The molecule has 0 radical (unpaired) electrons. The van der Waals surface area contributed by atoms with Crippen molar-refractivity contribution in [3.05, 3.63) is 119 Å². The Morgan fingerprint density at radius 3 is 1.52 bits per heavy atom. The van der Waals surface area contributed by atoms with Crippen LogP contribution in [0.4, 0.5) is 0 Å². The van der Waals surface area contributed by atoms with Gasteiger partial charge in [-0.05, 0) is 59.4 Å². The first-order valence-electron chi connectivity index (χ1n) is 13.7. The molecule has 0 heterocycles. The van der Waals surface area contributed by atoms with Gasteiger partial charge >= 0.3 is 5.97 Å². The van der Waals surface area contributed by atoms with Gasteiger partial charge in [-0.3, -0.25) is 4.79 Å². The Kier molecular flexibility index (Phi) is 11.0. The van der Waals surface area contributed by atoms with Gasteiger partial charge in [0.2, 0.25) is 0 Å². The molecule has 2 atom stereocenters. The fraction of sp³-hybridized carbons (Fsp3) is 0.257. The van der Waals surface area contributed by atoms with Crippen LogP contribution in [0.5, 0.6) is 23.0 Å². The maximum atomic E-state index is 12.9. The van der Waals surface area contributed by atoms with Gasteiger partial charge in [0, 0.05) is 5.92 Å². The van der Waals surface area contributed by atoms with E-state index in [1.165, 1.54) is 7.11 Å². The van der Waals surface area contributed by atoms with Gasteiger partial charge < -0.3 is 28.5 Å². The van der Waals surface area contributed by atoms with E-state index in [4.69, 9.17) is 23.7 Å². The standard InChI is InChI=1S/C35H36O7/c1-38-33-20-27(14-16-31(33)41-23-25-10-6-4-7-11-25)18-29(22-36)30(35(37)40-3)19-28-15-17-32(34(21-28)39-2)42-24-26-12-8-5-9-13-26/h4-17,20-22,29-30H,18-19,23-24H2,1-3H3/t29-,30+/m0/s1. The number of hydrogen-bond donors (Lipinski definition) is 0. The SMILES string of the molecule is COC(=O)[C@H](Cc1ccc(OCc2ccccc2)c(OC)c1)[C@H](C=O)Cc1ccc(OCc2ccccc2)c(OC)c1. The third-order valence-corrected chi connectivity index (χ3v) is 7.05. The summed E-state index contributed by atoms with van der Waals surface area (Å²) in [5.74, 6) is 0.508. The van der Waals surface area contributed by atoms with Crippen molar-refractivity contribution in [2.45, 2.75) is 26.1 Å². The van der Waals surface area contributed by atoms with Crippen LogP contribution in [0.25, 0.3) is 0 Å². The van der Waals surface area contributed by atoms with E-state index in [2.05, 4.69) is 0 Å². The molecule has 0 unspecified atom stereocenters. The molecule has 4 aromatic carbocycles. The van der Waals surface area contributed by atoms with E-state index in [0.717, 1.165) is 28.5 Å². The second-order valence-electron chi connectivity index (χ2n) is 9.86. The molecule has 0 N–H and O–H groups in total. The summed E-state index contributed by atoms with van der Waals surface area (Å²) in [5.41, 5.74) is 3.74. The highest BCUT2D eigenvalue weighted by molar-refractivity contribution is 5.77. The van der Waals surface area contributed by atoms with E-state index in [1.807, 2.05) is 97.1 Å². The molecule has 0 amide bonds. The second-order valence-corrected chi connectivity index (χ2v) is 9.86. The number of rotatable bonds is 15. The summed E-state index contributed by atoms with van der Waals surface area (Å²) in [5, 5.41) is 0. The van der Waals surface area contributed by atoms with E-state index >= 15 is 0 Å². The first-order valence-corrected chi connectivity index (χ1v) is 13.7. The van der Waals surface area contributed by atoms with E-state index in [0.29, 0.717) is 49.1 Å². The van der Waals surface area contributed by atoms with Crippen molar-refractivity contribution in [3.63, 3.8) is 0 Å². The minimum Gasteiger partial charge on any atom is -0.493 e. The zero-order valence-electron chi connectivity index (χ0n) is 24.2. The minimum atomic E-state index is -0.701. The molecule has 0 bridgehead atoms. The van der Waals surface area contributed by atoms with Crippen molar-refractivity contribution in [1.82, 2.24) is 0 Å². The Morgan fingerprint density at radius 2 is 1.10 bits per heavy atom. The molecule has 7 heteroatoms. The zero-order valence-corrected chi connectivity index (χ0v) is 24.2. The van der Waals surface area contributed by atoms with Gasteiger partial charge in [0.1, 0.15) is 19.5 Å². The maximum absolute atomic E-state index is 12.9. The molecule has 0 aromatic heterocycles. The molecule has 0 saturated heterocycles. The van der Waals surface area contributed by atoms with Crippen molar-refractivity contribution in [2.24, 2.45) is 11.8 Å². The van der Waals surface area contributed by atoms with Gasteiger partial charge in [-0.15, -0.1) is 0 Å². The highest BCUT2D eigenvalue weighted by Gasteiger charge is 2.30. The number of carbonyl (C=O) groups is 2. The number of methoxy groups -OCH3 is 3. The van der Waals surface area contributed by atoms with Crippen LogP contribution in [0.2, 0.25) is 0 Å². The topological polar surface area (TPSA) is 80.3 Å². The lowest BCUT2D eigenvalue weighted by atomic mass is 9.83. The maximum Gasteiger partial charge on any atom is 0.309 e. The van der Waals surface area contributed by atoms with Crippen LogP contribution >= 0.6 is 0 Å². The quantitative estimate of drug-likeness (QED) is 0.124. The summed E-state index contributed by atoms with van der Waals surface area (Å²) >= 11 is 0. The molecule has 218 valence electrons. The van der Waals surface area contributed by atoms with Crippen molar-refractivity contribution in [2.75, 3.05) is 21.3 Å². The molecule has 7 nitrogen and oxygen atoms in total. The van der Waals surface area contributed by atoms with Gasteiger partial charge in [0.25, 0.3) is 0 Å². The average molecular weight is 569 g/mol. The smallest absolute Gasteiger partial charge is 0.309 e. The molecule has 0 aliphatic heterocycles. The number of ether oxygens (including phenoxy) is 5. The summed E-state index contributed by atoms with van der Waals surface area (Å²) in [6.07, 6.45) is 1.44. The van der Waals surface area contributed by atoms with Gasteiger partial charge in [-0.1, -0.05) is 72.8 Å². The third-order valence-electron chi connectivity index (χ3n) is 7.05. The van der Waals surface area contributed by atoms with Crippen molar-refractivity contribution in [1.29, 1.82) is 0 Å². The van der Waals surface area contributed by atoms with E-state index in [9.17, 15) is 9.59 Å². The van der Waals surface area contributed by atoms with E-state index in [-0.39, 0.29) is 0 Å². The van der Waals surface area contributed by atoms with Gasteiger partial charge in [0.15, 0.2) is 23.0 Å². The fourth-order valence-corrected chi connectivity index (χ4v) is 4.76. The Morgan fingerprint density at radius 1 is 0.619 bits per heavy atom. The lowest BCUT2D eigenvalue weighted by Gasteiger charge is -2.22. The molecule has 42 heavy (non-hydrogen) atoms. The predicted molar refractivity (Wildman–Crippen MR) is 160 cm³/mol. The number of benzene rings is 4. The Labute approximate surface area is 247 Å². The molecular weight excluding hydrogens is 532 g/mol. The number of aldehydes is 1. The number of carbonyl (C=O) groups excluding carboxylic acids is 2. The molecule has 0 spiro atoms. The van der Waals surface area contributed by atoms with Crippen molar-refractivity contribution < 1.29 is 33.3 Å². The first-order chi connectivity index (χ1) is 20.5. The highest BCUT2D eigenvalue weighted by atomic mass is 16.5. The third kappa shape index (κ3) is 8.13. The Hall–Kier alpha value is -4.78. The monoisotopic (exact) mass is 568 g/mol. The molecule has 0 fully saturated rings. The molecule has 4 aromatic rings. The summed E-state index contributed by atoms with van der Waals surface area (Å²) in [4.78, 5) is 25.2. The average Bonchev–Trinajstić information content (AvgIpc) is 3.05. The second kappa shape index (κ2) is 15.3. The first kappa shape index (κ1) is 30.2. The number of esters is 1. The lowest BCUT2D eigenvalue weighted by Crippen LogP contribution is -2.29. The van der Waals surface area contributed by atoms with Gasteiger partial charge in [-0.25, -0.2) is 0 Å². The zero-order chi connectivity index (χ0) is 29.7. The summed E-state index contributed by atoms with van der Waals surface area (Å²) in [6, 6.07) is 30.8. The minimum absolute atomic E-state index is 0.292. The van der Waals surface area contributed by atoms with E-state index < -0.39 is 17.8 Å².